The van der Waals surface area contributed by atoms with E-state index in [-0.39, 0.29) is 29.7 Å². The molecule has 0 unspecified atom stereocenters. The molecule has 9 heteroatoms. The van der Waals surface area contributed by atoms with Crippen LogP contribution >= 0.6 is 11.6 Å². The Morgan fingerprint density at radius 3 is 2.62 bits per heavy atom. The van der Waals surface area contributed by atoms with Crippen molar-refractivity contribution in [3.63, 3.8) is 0 Å². The first-order valence-corrected chi connectivity index (χ1v) is 11.7. The van der Waals surface area contributed by atoms with Gasteiger partial charge in [0, 0.05) is 12.1 Å². The molecule has 0 fully saturated rings. The lowest BCUT2D eigenvalue weighted by Crippen LogP contribution is -2.16. The summed E-state index contributed by atoms with van der Waals surface area (Å²) < 4.78 is 39.0. The molecule has 0 aliphatic carbocycles. The molecule has 0 atom stereocenters. The van der Waals surface area contributed by atoms with Gasteiger partial charge >= 0.3 is 0 Å². The van der Waals surface area contributed by atoms with Gasteiger partial charge in [0.15, 0.2) is 11.5 Å². The molecule has 2 N–H and O–H groups in total. The maximum Gasteiger partial charge on any atom is 0.262 e. The molecule has 0 spiro atoms. The van der Waals surface area contributed by atoms with E-state index in [1.165, 1.54) is 6.07 Å². The second kappa shape index (κ2) is 9.10. The van der Waals surface area contributed by atoms with Crippen LogP contribution in [0.15, 0.2) is 65.6 Å². The van der Waals surface area contributed by atoms with Crippen LogP contribution < -0.4 is 19.5 Å². The van der Waals surface area contributed by atoms with E-state index < -0.39 is 10.0 Å². The van der Waals surface area contributed by atoms with E-state index in [2.05, 4.69) is 10.0 Å². The van der Waals surface area contributed by atoms with Crippen LogP contribution in [0.4, 0.5) is 11.4 Å². The molecular weight excluding hydrogens is 452 g/mol. The standard InChI is InChI=1S/C23H21ClN2O5S/c1-15-6-9-17(13-22(15)32(28,29)26-19-5-3-2-4-18(19)24)25-23(27)11-8-16-7-10-20-21(12-16)31-14-30-20/h2-7,9-10,12-13,26H,8,11,14H2,1H3,(H,25,27). The first-order valence-electron chi connectivity index (χ1n) is 9.88. The summed E-state index contributed by atoms with van der Waals surface area (Å²) >= 11 is 6.08. The molecule has 166 valence electrons. The van der Waals surface area contributed by atoms with Gasteiger partial charge in [0.2, 0.25) is 12.7 Å². The molecule has 0 radical (unpaired) electrons. The van der Waals surface area contributed by atoms with Gasteiger partial charge in [-0.3, -0.25) is 9.52 Å². The van der Waals surface area contributed by atoms with Gasteiger partial charge in [-0.2, -0.15) is 0 Å². The Hall–Kier alpha value is -3.23. The number of ether oxygens (including phenoxy) is 2. The molecule has 3 aromatic carbocycles. The number of aryl methyl sites for hydroxylation is 2. The monoisotopic (exact) mass is 472 g/mol. The Balaban J connectivity index is 1.44. The average Bonchev–Trinajstić information content (AvgIpc) is 3.23. The van der Waals surface area contributed by atoms with E-state index >= 15 is 0 Å². The number of fused-ring (bicyclic) bond motifs is 1. The SMILES string of the molecule is Cc1ccc(NC(=O)CCc2ccc3c(c2)OCO3)cc1S(=O)(=O)Nc1ccccc1Cl. The van der Waals surface area contributed by atoms with Gasteiger partial charge in [-0.1, -0.05) is 35.9 Å². The zero-order valence-corrected chi connectivity index (χ0v) is 18.8. The summed E-state index contributed by atoms with van der Waals surface area (Å²) in [5.41, 5.74) is 2.17. The molecule has 7 nitrogen and oxygen atoms in total. The minimum atomic E-state index is -3.90. The third-order valence-corrected chi connectivity index (χ3v) is 6.79. The second-order valence-corrected chi connectivity index (χ2v) is 9.36. The number of rotatable bonds is 7. The van der Waals surface area contributed by atoms with Crippen molar-refractivity contribution in [1.29, 1.82) is 0 Å². The molecular formula is C23H21ClN2O5S. The van der Waals surface area contributed by atoms with E-state index in [0.29, 0.717) is 34.2 Å². The highest BCUT2D eigenvalue weighted by Crippen LogP contribution is 2.33. The Morgan fingerprint density at radius 1 is 1.03 bits per heavy atom. The first kappa shape index (κ1) is 22.0. The van der Waals surface area contributed by atoms with Crippen LogP contribution in [0.3, 0.4) is 0 Å². The number of halogens is 1. The van der Waals surface area contributed by atoms with Gasteiger partial charge in [0.1, 0.15) is 0 Å². The summed E-state index contributed by atoms with van der Waals surface area (Å²) in [6, 6.07) is 16.9. The Morgan fingerprint density at radius 2 is 1.81 bits per heavy atom. The maximum atomic E-state index is 12.9. The molecule has 0 saturated heterocycles. The number of carbonyl (C=O) groups excluding carboxylic acids is 1. The molecule has 0 saturated carbocycles. The smallest absolute Gasteiger partial charge is 0.262 e. The van der Waals surface area contributed by atoms with E-state index in [9.17, 15) is 13.2 Å². The lowest BCUT2D eigenvalue weighted by Gasteiger charge is -2.13. The van der Waals surface area contributed by atoms with Crippen LogP contribution in [0.5, 0.6) is 11.5 Å². The fraction of sp³-hybridized carbons (Fsp3) is 0.174. The van der Waals surface area contributed by atoms with Gasteiger partial charge in [0.25, 0.3) is 10.0 Å². The zero-order valence-electron chi connectivity index (χ0n) is 17.2. The summed E-state index contributed by atoms with van der Waals surface area (Å²) in [4.78, 5) is 12.5. The minimum absolute atomic E-state index is 0.0611. The van der Waals surface area contributed by atoms with Crippen molar-refractivity contribution in [1.82, 2.24) is 0 Å². The number of hydrogen-bond acceptors (Lipinski definition) is 5. The highest BCUT2D eigenvalue weighted by molar-refractivity contribution is 7.92. The normalized spacial score (nSPS) is 12.4. The number of nitrogens with one attached hydrogen (secondary N) is 2. The zero-order chi connectivity index (χ0) is 22.7. The number of benzene rings is 3. The number of para-hydroxylation sites is 1. The van der Waals surface area contributed by atoms with E-state index in [1.54, 1.807) is 43.3 Å². The van der Waals surface area contributed by atoms with Crippen molar-refractivity contribution >= 4 is 38.9 Å². The molecule has 1 heterocycles. The third kappa shape index (κ3) is 4.98. The molecule has 1 aliphatic rings. The van der Waals surface area contributed by atoms with Crippen LogP contribution in [-0.2, 0) is 21.2 Å². The quantitative estimate of drug-likeness (QED) is 0.517. The van der Waals surface area contributed by atoms with Crippen LogP contribution in [0.1, 0.15) is 17.5 Å². The number of amides is 1. The fourth-order valence-corrected chi connectivity index (χ4v) is 4.88. The van der Waals surface area contributed by atoms with Gasteiger partial charge in [-0.05, 0) is 60.9 Å². The molecule has 0 bridgehead atoms. The summed E-state index contributed by atoms with van der Waals surface area (Å²) in [6.07, 6.45) is 0.737. The highest BCUT2D eigenvalue weighted by Gasteiger charge is 2.19. The summed E-state index contributed by atoms with van der Waals surface area (Å²) in [5.74, 6) is 1.13. The summed E-state index contributed by atoms with van der Waals surface area (Å²) in [6.45, 7) is 1.88. The minimum Gasteiger partial charge on any atom is -0.454 e. The van der Waals surface area contributed by atoms with Crippen LogP contribution in [-0.4, -0.2) is 21.1 Å². The number of carbonyl (C=O) groups is 1. The van der Waals surface area contributed by atoms with Crippen LogP contribution in [0.2, 0.25) is 5.02 Å². The number of anilines is 2. The van der Waals surface area contributed by atoms with Crippen molar-refractivity contribution < 1.29 is 22.7 Å². The van der Waals surface area contributed by atoms with Crippen LogP contribution in [0.25, 0.3) is 0 Å². The third-order valence-electron chi connectivity index (χ3n) is 4.96. The lowest BCUT2D eigenvalue weighted by atomic mass is 10.1. The predicted octanol–water partition coefficient (Wildman–Crippen LogP) is 4.75. The summed E-state index contributed by atoms with van der Waals surface area (Å²) in [7, 11) is -3.90. The topological polar surface area (TPSA) is 93.7 Å². The Bertz CT molecular complexity index is 1280. The van der Waals surface area contributed by atoms with Crippen molar-refractivity contribution in [2.75, 3.05) is 16.8 Å². The molecule has 1 amide bonds. The lowest BCUT2D eigenvalue weighted by molar-refractivity contribution is -0.116. The first-order chi connectivity index (χ1) is 15.3. The van der Waals surface area contributed by atoms with Crippen molar-refractivity contribution in [2.24, 2.45) is 0 Å². The average molecular weight is 473 g/mol. The molecule has 32 heavy (non-hydrogen) atoms. The molecule has 3 aromatic rings. The van der Waals surface area contributed by atoms with Gasteiger partial charge in [-0.15, -0.1) is 0 Å². The predicted molar refractivity (Wildman–Crippen MR) is 123 cm³/mol. The number of hydrogen-bond donors (Lipinski definition) is 2. The summed E-state index contributed by atoms with van der Waals surface area (Å²) in [5, 5.41) is 3.06. The number of sulfonamides is 1. The van der Waals surface area contributed by atoms with Gasteiger partial charge in [0.05, 0.1) is 15.6 Å². The second-order valence-electron chi connectivity index (χ2n) is 7.30. The van der Waals surface area contributed by atoms with Crippen molar-refractivity contribution in [3.05, 3.63) is 76.8 Å². The Labute approximate surface area is 191 Å². The molecule has 0 aromatic heterocycles. The van der Waals surface area contributed by atoms with Crippen molar-refractivity contribution in [2.45, 2.75) is 24.7 Å². The van der Waals surface area contributed by atoms with Gasteiger partial charge < -0.3 is 14.8 Å². The highest BCUT2D eigenvalue weighted by atomic mass is 35.5. The van der Waals surface area contributed by atoms with Crippen molar-refractivity contribution in [3.8, 4) is 11.5 Å². The van der Waals surface area contributed by atoms with Crippen LogP contribution in [0, 0.1) is 6.92 Å². The van der Waals surface area contributed by atoms with E-state index in [0.717, 1.165) is 5.56 Å². The van der Waals surface area contributed by atoms with E-state index in [1.807, 2.05) is 18.2 Å². The Kier molecular flexibility index (Phi) is 6.25. The van der Waals surface area contributed by atoms with Gasteiger partial charge in [-0.25, -0.2) is 8.42 Å². The fourth-order valence-electron chi connectivity index (χ4n) is 3.29. The molecule has 4 rings (SSSR count). The maximum absolute atomic E-state index is 12.9. The van der Waals surface area contributed by atoms with E-state index in [4.69, 9.17) is 21.1 Å². The molecule has 1 aliphatic heterocycles. The largest absolute Gasteiger partial charge is 0.454 e.